The standard InChI is InChI=1S/C40H31NO2/c42-40-13-7-12-39(43-40)36-23-22-34-25-30(17-20-35(34)27-36)15-14-29-16-19-33-26-31(18-21-32(33)24-29)28-41(37-8-3-1-4-9-37)38-10-5-2-6-11-38/h1-12,14-27,39H,13,28H2. The lowest BCUT2D eigenvalue weighted by Gasteiger charge is -2.25. The van der Waals surface area contributed by atoms with E-state index in [4.69, 9.17) is 4.74 Å². The molecule has 1 aliphatic heterocycles. The molecule has 0 fully saturated rings. The zero-order valence-electron chi connectivity index (χ0n) is 23.8. The van der Waals surface area contributed by atoms with Crippen molar-refractivity contribution < 1.29 is 9.53 Å². The molecular formula is C40H31NO2. The smallest absolute Gasteiger partial charge is 0.310 e. The Hall–Kier alpha value is -5.41. The fraction of sp³-hybridized carbons (Fsp3) is 0.0750. The fourth-order valence-electron chi connectivity index (χ4n) is 5.70. The Morgan fingerprint density at radius 1 is 0.628 bits per heavy atom. The number of hydrogen-bond acceptors (Lipinski definition) is 3. The normalized spacial score (nSPS) is 14.8. The first-order valence-corrected chi connectivity index (χ1v) is 14.7. The molecule has 1 heterocycles. The van der Waals surface area contributed by atoms with E-state index in [2.05, 4.69) is 144 Å². The van der Waals surface area contributed by atoms with Gasteiger partial charge in [-0.05, 0) is 98.4 Å². The number of nitrogens with zero attached hydrogens (tertiary/aromatic N) is 1. The molecule has 1 atom stereocenters. The van der Waals surface area contributed by atoms with Gasteiger partial charge in [0.25, 0.3) is 0 Å². The van der Waals surface area contributed by atoms with E-state index >= 15 is 0 Å². The first kappa shape index (κ1) is 26.5. The fourth-order valence-corrected chi connectivity index (χ4v) is 5.70. The van der Waals surface area contributed by atoms with Gasteiger partial charge in [-0.25, -0.2) is 0 Å². The van der Waals surface area contributed by atoms with Crippen molar-refractivity contribution in [3.05, 3.63) is 168 Å². The summed E-state index contributed by atoms with van der Waals surface area (Å²) in [7, 11) is 0. The summed E-state index contributed by atoms with van der Waals surface area (Å²) in [6.07, 6.45) is 8.20. The summed E-state index contributed by atoms with van der Waals surface area (Å²) in [6.45, 7) is 0.789. The van der Waals surface area contributed by atoms with Crippen LogP contribution in [0.25, 0.3) is 33.7 Å². The van der Waals surface area contributed by atoms with Crippen LogP contribution in [0.2, 0.25) is 0 Å². The minimum Gasteiger partial charge on any atom is -0.453 e. The first-order chi connectivity index (χ1) is 21.2. The highest BCUT2D eigenvalue weighted by atomic mass is 16.5. The van der Waals surface area contributed by atoms with E-state index in [9.17, 15) is 4.79 Å². The van der Waals surface area contributed by atoms with Crippen molar-refractivity contribution >= 4 is 51.0 Å². The van der Waals surface area contributed by atoms with E-state index < -0.39 is 0 Å². The van der Waals surface area contributed by atoms with Crippen molar-refractivity contribution in [1.29, 1.82) is 0 Å². The molecule has 7 rings (SSSR count). The molecule has 0 saturated heterocycles. The third kappa shape index (κ3) is 5.98. The molecule has 0 radical (unpaired) electrons. The van der Waals surface area contributed by atoms with Crippen molar-refractivity contribution in [2.45, 2.75) is 19.1 Å². The molecule has 0 saturated carbocycles. The predicted octanol–water partition coefficient (Wildman–Crippen LogP) is 10.0. The lowest BCUT2D eigenvalue weighted by molar-refractivity contribution is -0.147. The van der Waals surface area contributed by atoms with Gasteiger partial charge >= 0.3 is 5.97 Å². The molecule has 1 aliphatic rings. The van der Waals surface area contributed by atoms with Crippen LogP contribution in [0.4, 0.5) is 11.4 Å². The van der Waals surface area contributed by atoms with Gasteiger partial charge < -0.3 is 9.64 Å². The number of carbonyl (C=O) groups excluding carboxylic acids is 1. The Kier molecular flexibility index (Phi) is 7.29. The molecule has 6 aromatic carbocycles. The number of rotatable bonds is 7. The second kappa shape index (κ2) is 11.8. The number of fused-ring (bicyclic) bond motifs is 2. The lowest BCUT2D eigenvalue weighted by atomic mass is 10.00. The summed E-state index contributed by atoms with van der Waals surface area (Å²) in [5.41, 5.74) is 6.91. The van der Waals surface area contributed by atoms with Crippen LogP contribution in [0.15, 0.2) is 146 Å². The van der Waals surface area contributed by atoms with E-state index in [0.717, 1.165) is 34.0 Å². The number of carbonyl (C=O) groups is 1. The van der Waals surface area contributed by atoms with E-state index in [0.29, 0.717) is 6.42 Å². The van der Waals surface area contributed by atoms with Crippen LogP contribution in [0.3, 0.4) is 0 Å². The second-order valence-corrected chi connectivity index (χ2v) is 10.9. The maximum absolute atomic E-state index is 11.7. The minimum absolute atomic E-state index is 0.181. The zero-order valence-corrected chi connectivity index (χ0v) is 23.8. The molecule has 0 bridgehead atoms. The SMILES string of the molecule is O=C1CC=CC(c2ccc3cc(C=Cc4ccc5cc(CN(c6ccccc6)c6ccccc6)ccc5c4)ccc3c2)O1. The van der Waals surface area contributed by atoms with Gasteiger partial charge in [0, 0.05) is 17.9 Å². The average Bonchev–Trinajstić information content (AvgIpc) is 3.06. The van der Waals surface area contributed by atoms with Crippen LogP contribution in [-0.4, -0.2) is 5.97 Å². The Morgan fingerprint density at radius 2 is 1.19 bits per heavy atom. The molecular weight excluding hydrogens is 526 g/mol. The van der Waals surface area contributed by atoms with Gasteiger partial charge in [-0.3, -0.25) is 4.79 Å². The second-order valence-electron chi connectivity index (χ2n) is 10.9. The van der Waals surface area contributed by atoms with E-state index in [1.54, 1.807) is 0 Å². The lowest BCUT2D eigenvalue weighted by Crippen LogP contribution is -2.16. The Bertz CT molecular complexity index is 1940. The van der Waals surface area contributed by atoms with Crippen LogP contribution in [0, 0.1) is 0 Å². The summed E-state index contributed by atoms with van der Waals surface area (Å²) in [6, 6.07) is 47.2. The molecule has 6 aromatic rings. The topological polar surface area (TPSA) is 29.5 Å². The molecule has 3 nitrogen and oxygen atoms in total. The Morgan fingerprint density at radius 3 is 1.81 bits per heavy atom. The molecule has 0 N–H and O–H groups in total. The zero-order chi connectivity index (χ0) is 29.0. The number of esters is 1. The van der Waals surface area contributed by atoms with Crippen LogP contribution in [0.5, 0.6) is 0 Å². The van der Waals surface area contributed by atoms with Gasteiger partial charge in [0.1, 0.15) is 6.10 Å². The highest BCUT2D eigenvalue weighted by Gasteiger charge is 2.17. The number of cyclic esters (lactones) is 1. The highest BCUT2D eigenvalue weighted by molar-refractivity contribution is 5.89. The van der Waals surface area contributed by atoms with E-state index in [1.165, 1.54) is 27.7 Å². The van der Waals surface area contributed by atoms with Crippen LogP contribution >= 0.6 is 0 Å². The van der Waals surface area contributed by atoms with Crippen LogP contribution < -0.4 is 4.90 Å². The van der Waals surface area contributed by atoms with Gasteiger partial charge in [0.2, 0.25) is 0 Å². The maximum Gasteiger partial charge on any atom is 0.310 e. The van der Waals surface area contributed by atoms with Gasteiger partial charge in [-0.15, -0.1) is 0 Å². The average molecular weight is 558 g/mol. The summed E-state index contributed by atoms with van der Waals surface area (Å²) >= 11 is 0. The molecule has 0 amide bonds. The Labute approximate surface area is 252 Å². The molecule has 1 unspecified atom stereocenters. The molecule has 3 heteroatoms. The van der Waals surface area contributed by atoms with Crippen molar-refractivity contribution in [3.63, 3.8) is 0 Å². The number of anilines is 2. The van der Waals surface area contributed by atoms with E-state index in [1.807, 2.05) is 18.2 Å². The minimum atomic E-state index is -0.305. The van der Waals surface area contributed by atoms with Crippen molar-refractivity contribution in [3.8, 4) is 0 Å². The predicted molar refractivity (Wildman–Crippen MR) is 178 cm³/mol. The van der Waals surface area contributed by atoms with Crippen molar-refractivity contribution in [2.75, 3.05) is 4.90 Å². The molecule has 0 spiro atoms. The number of hydrogen-bond donors (Lipinski definition) is 0. The number of ether oxygens (including phenoxy) is 1. The summed E-state index contributed by atoms with van der Waals surface area (Å²) in [5, 5.41) is 4.74. The largest absolute Gasteiger partial charge is 0.453 e. The molecule has 43 heavy (non-hydrogen) atoms. The molecule has 0 aliphatic carbocycles. The summed E-state index contributed by atoms with van der Waals surface area (Å²) in [5.74, 6) is -0.181. The van der Waals surface area contributed by atoms with Crippen LogP contribution in [0.1, 0.15) is 34.8 Å². The van der Waals surface area contributed by atoms with Gasteiger partial charge in [0.15, 0.2) is 0 Å². The number of para-hydroxylation sites is 2. The van der Waals surface area contributed by atoms with E-state index in [-0.39, 0.29) is 12.1 Å². The molecule has 208 valence electrons. The van der Waals surface area contributed by atoms with Crippen molar-refractivity contribution in [1.82, 2.24) is 0 Å². The van der Waals surface area contributed by atoms with Gasteiger partial charge in [-0.2, -0.15) is 0 Å². The Balaban J connectivity index is 1.09. The third-order valence-corrected chi connectivity index (χ3v) is 7.94. The maximum atomic E-state index is 11.7. The monoisotopic (exact) mass is 557 g/mol. The quantitative estimate of drug-likeness (QED) is 0.111. The van der Waals surface area contributed by atoms with Crippen molar-refractivity contribution in [2.24, 2.45) is 0 Å². The van der Waals surface area contributed by atoms with Crippen LogP contribution in [-0.2, 0) is 16.1 Å². The summed E-state index contributed by atoms with van der Waals surface area (Å²) in [4.78, 5) is 14.0. The highest BCUT2D eigenvalue weighted by Crippen LogP contribution is 2.30. The number of benzene rings is 6. The molecule has 0 aromatic heterocycles. The van der Waals surface area contributed by atoms with Gasteiger partial charge in [-0.1, -0.05) is 103 Å². The first-order valence-electron chi connectivity index (χ1n) is 14.7. The summed E-state index contributed by atoms with van der Waals surface area (Å²) < 4.78 is 5.48. The van der Waals surface area contributed by atoms with Gasteiger partial charge in [0.05, 0.1) is 6.42 Å². The third-order valence-electron chi connectivity index (χ3n) is 7.94.